The van der Waals surface area contributed by atoms with Crippen LogP contribution in [0.15, 0.2) is 47.6 Å². The lowest BCUT2D eigenvalue weighted by Crippen LogP contribution is -2.17. The van der Waals surface area contributed by atoms with Gasteiger partial charge in [0, 0.05) is 17.2 Å². The lowest BCUT2D eigenvalue weighted by molar-refractivity contribution is -0.385. The molecule has 0 aliphatic heterocycles. The third-order valence-corrected chi connectivity index (χ3v) is 2.92. The lowest BCUT2D eigenvalue weighted by Gasteiger charge is -2.02. The minimum absolute atomic E-state index is 0.129. The Balaban J connectivity index is 2.08. The van der Waals surface area contributed by atoms with Crippen molar-refractivity contribution in [2.75, 3.05) is 0 Å². The minimum Gasteiger partial charge on any atom is -0.267 e. The number of hydrogen-bond donors (Lipinski definition) is 1. The monoisotopic (exact) mass is 301 g/mol. The summed E-state index contributed by atoms with van der Waals surface area (Å²) in [5, 5.41) is 14.6. The maximum Gasteiger partial charge on any atom is 0.273 e. The fraction of sp³-hybridized carbons (Fsp3) is 0.0667. The highest BCUT2D eigenvalue weighted by Crippen LogP contribution is 2.19. The molecule has 0 heterocycles. The van der Waals surface area contributed by atoms with Crippen LogP contribution < -0.4 is 5.43 Å². The van der Waals surface area contributed by atoms with Gasteiger partial charge >= 0.3 is 0 Å². The highest BCUT2D eigenvalue weighted by Gasteiger charge is 2.14. The molecule has 1 N–H and O–H groups in total. The van der Waals surface area contributed by atoms with Crippen LogP contribution in [0.2, 0.25) is 0 Å². The number of nitro benzene ring substituents is 1. The predicted octanol–water partition coefficient (Wildman–Crippen LogP) is 2.81. The summed E-state index contributed by atoms with van der Waals surface area (Å²) >= 11 is 0. The molecule has 22 heavy (non-hydrogen) atoms. The second kappa shape index (κ2) is 6.57. The van der Waals surface area contributed by atoms with Gasteiger partial charge in [0.25, 0.3) is 11.6 Å². The Labute approximate surface area is 125 Å². The van der Waals surface area contributed by atoms with Crippen LogP contribution in [0.5, 0.6) is 0 Å². The van der Waals surface area contributed by atoms with Crippen molar-refractivity contribution in [1.82, 2.24) is 5.43 Å². The van der Waals surface area contributed by atoms with Crippen molar-refractivity contribution in [3.63, 3.8) is 0 Å². The van der Waals surface area contributed by atoms with E-state index in [0.29, 0.717) is 11.1 Å². The lowest BCUT2D eigenvalue weighted by atomic mass is 10.1. The molecule has 0 atom stereocenters. The van der Waals surface area contributed by atoms with E-state index in [1.54, 1.807) is 6.92 Å². The number of nitrogens with one attached hydrogen (secondary N) is 1. The van der Waals surface area contributed by atoms with E-state index in [1.807, 2.05) is 0 Å². The summed E-state index contributed by atoms with van der Waals surface area (Å²) in [5.41, 5.74) is 3.34. The molecule has 0 saturated carbocycles. The zero-order chi connectivity index (χ0) is 16.1. The number of hydrazone groups is 1. The van der Waals surface area contributed by atoms with Crippen molar-refractivity contribution in [2.45, 2.75) is 6.92 Å². The SMILES string of the molecule is Cc1ccc(C(=O)N/N=C/c2ccc(F)cc2)cc1[N+](=O)[O-]. The zero-order valence-corrected chi connectivity index (χ0v) is 11.6. The molecule has 0 aliphatic carbocycles. The van der Waals surface area contributed by atoms with E-state index in [4.69, 9.17) is 0 Å². The number of carbonyl (C=O) groups excluding carboxylic acids is 1. The summed E-state index contributed by atoms with van der Waals surface area (Å²) in [6, 6.07) is 9.71. The number of amides is 1. The third-order valence-electron chi connectivity index (χ3n) is 2.92. The van der Waals surface area contributed by atoms with Crippen molar-refractivity contribution >= 4 is 17.8 Å². The van der Waals surface area contributed by atoms with Gasteiger partial charge in [0.2, 0.25) is 0 Å². The van der Waals surface area contributed by atoms with E-state index in [9.17, 15) is 19.3 Å². The predicted molar refractivity (Wildman–Crippen MR) is 79.3 cm³/mol. The fourth-order valence-corrected chi connectivity index (χ4v) is 1.73. The van der Waals surface area contributed by atoms with Crippen LogP contribution in [-0.2, 0) is 0 Å². The topological polar surface area (TPSA) is 84.6 Å². The molecule has 0 unspecified atom stereocenters. The molecule has 6 nitrogen and oxygen atoms in total. The number of carbonyl (C=O) groups is 1. The minimum atomic E-state index is -0.568. The van der Waals surface area contributed by atoms with Crippen molar-refractivity contribution in [1.29, 1.82) is 0 Å². The second-order valence-corrected chi connectivity index (χ2v) is 4.51. The van der Waals surface area contributed by atoms with E-state index in [2.05, 4.69) is 10.5 Å². The molecule has 2 aromatic rings. The molecule has 0 radical (unpaired) electrons. The molecule has 0 spiro atoms. The fourth-order valence-electron chi connectivity index (χ4n) is 1.73. The van der Waals surface area contributed by atoms with E-state index >= 15 is 0 Å². The van der Waals surface area contributed by atoms with Gasteiger partial charge in [-0.3, -0.25) is 14.9 Å². The van der Waals surface area contributed by atoms with Gasteiger partial charge in [-0.15, -0.1) is 0 Å². The van der Waals surface area contributed by atoms with Crippen molar-refractivity contribution in [3.8, 4) is 0 Å². The molecule has 0 fully saturated rings. The normalized spacial score (nSPS) is 10.6. The van der Waals surface area contributed by atoms with Gasteiger partial charge in [-0.05, 0) is 30.7 Å². The Hall–Kier alpha value is -3.09. The molecule has 0 aliphatic rings. The summed E-state index contributed by atoms with van der Waals surface area (Å²) in [4.78, 5) is 22.2. The molecule has 7 heteroatoms. The van der Waals surface area contributed by atoms with Crippen LogP contribution in [0.4, 0.5) is 10.1 Å². The molecule has 112 valence electrons. The first-order chi connectivity index (χ1) is 10.5. The first-order valence-electron chi connectivity index (χ1n) is 6.31. The van der Waals surface area contributed by atoms with Gasteiger partial charge in [-0.1, -0.05) is 18.2 Å². The highest BCUT2D eigenvalue weighted by atomic mass is 19.1. The van der Waals surface area contributed by atoms with Crippen molar-refractivity contribution in [2.24, 2.45) is 5.10 Å². The third kappa shape index (κ3) is 3.72. The average molecular weight is 301 g/mol. The average Bonchev–Trinajstić information content (AvgIpc) is 2.49. The zero-order valence-electron chi connectivity index (χ0n) is 11.6. The van der Waals surface area contributed by atoms with Crippen LogP contribution in [0.1, 0.15) is 21.5 Å². The van der Waals surface area contributed by atoms with Crippen molar-refractivity contribution in [3.05, 3.63) is 75.1 Å². The van der Waals surface area contributed by atoms with Crippen LogP contribution in [0.3, 0.4) is 0 Å². The van der Waals surface area contributed by atoms with Crippen molar-refractivity contribution < 1.29 is 14.1 Å². The van der Waals surface area contributed by atoms with E-state index in [0.717, 1.165) is 0 Å². The highest BCUT2D eigenvalue weighted by molar-refractivity contribution is 5.95. The molecular formula is C15H12FN3O3. The molecular weight excluding hydrogens is 289 g/mol. The largest absolute Gasteiger partial charge is 0.273 e. The van der Waals surface area contributed by atoms with Crippen LogP contribution in [0, 0.1) is 22.9 Å². The number of hydrogen-bond acceptors (Lipinski definition) is 4. The number of halogens is 1. The Kier molecular flexibility index (Phi) is 4.57. The Morgan fingerprint density at radius 1 is 1.27 bits per heavy atom. The van der Waals surface area contributed by atoms with Gasteiger partial charge in [0.1, 0.15) is 5.82 Å². The summed E-state index contributed by atoms with van der Waals surface area (Å²) in [6.45, 7) is 1.59. The van der Waals surface area contributed by atoms with Gasteiger partial charge in [-0.2, -0.15) is 5.10 Å². The first kappa shape index (κ1) is 15.3. The summed E-state index contributed by atoms with van der Waals surface area (Å²) in [6.07, 6.45) is 1.35. The van der Waals surface area contributed by atoms with Gasteiger partial charge in [0.15, 0.2) is 0 Å². The molecule has 0 saturated heterocycles. The second-order valence-electron chi connectivity index (χ2n) is 4.51. The smallest absolute Gasteiger partial charge is 0.267 e. The number of nitrogens with zero attached hydrogens (tertiary/aromatic N) is 2. The van der Waals surface area contributed by atoms with E-state index in [-0.39, 0.29) is 17.1 Å². The summed E-state index contributed by atoms with van der Waals surface area (Å²) in [7, 11) is 0. The molecule has 2 aromatic carbocycles. The van der Waals surface area contributed by atoms with Crippen LogP contribution in [0.25, 0.3) is 0 Å². The number of benzene rings is 2. The Morgan fingerprint density at radius 2 is 1.95 bits per heavy atom. The maximum absolute atomic E-state index is 12.7. The van der Waals surface area contributed by atoms with Crippen LogP contribution >= 0.6 is 0 Å². The molecule has 0 aromatic heterocycles. The molecule has 1 amide bonds. The number of rotatable bonds is 4. The number of nitro groups is 1. The maximum atomic E-state index is 12.7. The number of aryl methyl sites for hydroxylation is 1. The summed E-state index contributed by atoms with van der Waals surface area (Å²) < 4.78 is 12.7. The first-order valence-corrected chi connectivity index (χ1v) is 6.31. The van der Waals surface area contributed by atoms with E-state index in [1.165, 1.54) is 48.7 Å². The van der Waals surface area contributed by atoms with Gasteiger partial charge < -0.3 is 0 Å². The van der Waals surface area contributed by atoms with Gasteiger partial charge in [0.05, 0.1) is 11.1 Å². The summed E-state index contributed by atoms with van der Waals surface area (Å²) in [5.74, 6) is -0.936. The molecule has 0 bridgehead atoms. The Morgan fingerprint density at radius 3 is 2.59 bits per heavy atom. The van der Waals surface area contributed by atoms with Crippen LogP contribution in [-0.4, -0.2) is 17.0 Å². The van der Waals surface area contributed by atoms with E-state index < -0.39 is 10.8 Å². The Bertz CT molecular complexity index is 742. The van der Waals surface area contributed by atoms with Gasteiger partial charge in [-0.25, -0.2) is 9.82 Å². The standard InChI is InChI=1S/C15H12FN3O3/c1-10-2-5-12(8-14(10)19(21)22)15(20)18-17-9-11-3-6-13(16)7-4-11/h2-9H,1H3,(H,18,20)/b17-9+. The molecule has 2 rings (SSSR count). The quantitative estimate of drug-likeness (QED) is 0.535.